The molecule has 2 N–H and O–H groups in total. The van der Waals surface area contributed by atoms with E-state index < -0.39 is 0 Å². The molecule has 2 amide bonds. The molecule has 0 spiro atoms. The van der Waals surface area contributed by atoms with Gasteiger partial charge >= 0.3 is 0 Å². The fourth-order valence-electron chi connectivity index (χ4n) is 2.60. The number of carbonyl (C=O) groups is 2. The molecule has 5 heteroatoms. The van der Waals surface area contributed by atoms with Crippen molar-refractivity contribution >= 4 is 40.0 Å². The molecule has 0 saturated heterocycles. The molecule has 0 aliphatic rings. The molecule has 3 aromatic rings. The second kappa shape index (κ2) is 9.06. The van der Waals surface area contributed by atoms with E-state index in [2.05, 4.69) is 10.6 Å². The summed E-state index contributed by atoms with van der Waals surface area (Å²) in [7, 11) is 0. The molecule has 0 aliphatic carbocycles. The minimum atomic E-state index is -0.109. The Labute approximate surface area is 157 Å². The molecule has 3 rings (SSSR count). The lowest BCUT2D eigenvalue weighted by Crippen LogP contribution is -2.25. The second-order valence-electron chi connectivity index (χ2n) is 5.83. The minimum absolute atomic E-state index is 0.0724. The van der Waals surface area contributed by atoms with Crippen LogP contribution in [0.2, 0.25) is 0 Å². The summed E-state index contributed by atoms with van der Waals surface area (Å²) in [4.78, 5) is 24.0. The first-order valence-corrected chi connectivity index (χ1v) is 9.54. The summed E-state index contributed by atoms with van der Waals surface area (Å²) in [5.74, 6) is 0.316. The molecule has 0 atom stereocenters. The fraction of sp³-hybridized carbons (Fsp3) is 0.143. The molecule has 4 nitrogen and oxygen atoms in total. The van der Waals surface area contributed by atoms with Crippen LogP contribution < -0.4 is 10.6 Å². The van der Waals surface area contributed by atoms with Gasteiger partial charge in [-0.05, 0) is 17.0 Å². The number of anilines is 1. The third-order valence-electron chi connectivity index (χ3n) is 3.86. The van der Waals surface area contributed by atoms with E-state index in [1.54, 1.807) is 0 Å². The summed E-state index contributed by atoms with van der Waals surface area (Å²) in [6, 6.07) is 23.5. The molecule has 0 bridgehead atoms. The zero-order chi connectivity index (χ0) is 18.2. The van der Waals surface area contributed by atoms with Gasteiger partial charge in [-0.3, -0.25) is 9.59 Å². The predicted octanol–water partition coefficient (Wildman–Crippen LogP) is 3.83. The van der Waals surface area contributed by atoms with Gasteiger partial charge in [0.1, 0.15) is 0 Å². The van der Waals surface area contributed by atoms with E-state index in [1.165, 1.54) is 11.8 Å². The Morgan fingerprint density at radius 2 is 1.46 bits per heavy atom. The van der Waals surface area contributed by atoms with E-state index in [0.717, 1.165) is 22.0 Å². The molecule has 0 aromatic heterocycles. The SMILES string of the molecule is O=C(CSCC(=O)Nc1cccc2ccccc12)NCc1ccccc1. The molecule has 0 fully saturated rings. The monoisotopic (exact) mass is 364 g/mol. The van der Waals surface area contributed by atoms with Crippen LogP contribution in [0.4, 0.5) is 5.69 Å². The standard InChI is InChI=1S/C21H20N2O2S/c24-20(22-13-16-7-2-1-3-8-16)14-26-15-21(25)23-19-12-6-10-17-9-4-5-11-18(17)19/h1-12H,13-15H2,(H,22,24)(H,23,25). The van der Waals surface area contributed by atoms with Crippen LogP contribution in [-0.4, -0.2) is 23.3 Å². The number of hydrogen-bond acceptors (Lipinski definition) is 3. The van der Waals surface area contributed by atoms with Crippen molar-refractivity contribution in [1.82, 2.24) is 5.32 Å². The van der Waals surface area contributed by atoms with Crippen molar-refractivity contribution < 1.29 is 9.59 Å². The number of nitrogens with one attached hydrogen (secondary N) is 2. The molecule has 0 aliphatic heterocycles. The topological polar surface area (TPSA) is 58.2 Å². The van der Waals surface area contributed by atoms with Gasteiger partial charge < -0.3 is 10.6 Å². The number of carbonyl (C=O) groups excluding carboxylic acids is 2. The van der Waals surface area contributed by atoms with Gasteiger partial charge in [-0.25, -0.2) is 0 Å². The number of benzene rings is 3. The molecule has 3 aromatic carbocycles. The van der Waals surface area contributed by atoms with Gasteiger partial charge in [0.25, 0.3) is 0 Å². The molecule has 0 saturated carbocycles. The third-order valence-corrected chi connectivity index (χ3v) is 4.80. The highest BCUT2D eigenvalue weighted by atomic mass is 32.2. The average Bonchev–Trinajstić information content (AvgIpc) is 2.67. The van der Waals surface area contributed by atoms with Crippen molar-refractivity contribution in [1.29, 1.82) is 0 Å². The summed E-state index contributed by atoms with van der Waals surface area (Å²) in [6.45, 7) is 0.502. The lowest BCUT2D eigenvalue weighted by Gasteiger charge is -2.09. The highest BCUT2D eigenvalue weighted by Gasteiger charge is 2.08. The van der Waals surface area contributed by atoms with E-state index >= 15 is 0 Å². The van der Waals surface area contributed by atoms with E-state index in [9.17, 15) is 9.59 Å². The molecule has 0 heterocycles. The van der Waals surface area contributed by atoms with Crippen molar-refractivity contribution in [3.8, 4) is 0 Å². The third kappa shape index (κ3) is 5.10. The van der Waals surface area contributed by atoms with Crippen LogP contribution in [0.3, 0.4) is 0 Å². The Hall–Kier alpha value is -2.79. The second-order valence-corrected chi connectivity index (χ2v) is 6.82. The maximum Gasteiger partial charge on any atom is 0.234 e. The van der Waals surface area contributed by atoms with Crippen LogP contribution in [-0.2, 0) is 16.1 Å². The first kappa shape index (κ1) is 18.0. The largest absolute Gasteiger partial charge is 0.351 e. The van der Waals surface area contributed by atoms with Crippen molar-refractivity contribution in [2.24, 2.45) is 0 Å². The number of thioether (sulfide) groups is 1. The zero-order valence-electron chi connectivity index (χ0n) is 14.3. The Morgan fingerprint density at radius 3 is 2.31 bits per heavy atom. The first-order chi connectivity index (χ1) is 12.7. The molecular formula is C21H20N2O2S. The van der Waals surface area contributed by atoms with Gasteiger partial charge in [0.05, 0.1) is 11.5 Å². The first-order valence-electron chi connectivity index (χ1n) is 8.38. The van der Waals surface area contributed by atoms with Crippen LogP contribution in [0.5, 0.6) is 0 Å². The van der Waals surface area contributed by atoms with E-state index in [4.69, 9.17) is 0 Å². The minimum Gasteiger partial charge on any atom is -0.351 e. The highest BCUT2D eigenvalue weighted by Crippen LogP contribution is 2.23. The van der Waals surface area contributed by atoms with Crippen molar-refractivity contribution in [3.63, 3.8) is 0 Å². The number of fused-ring (bicyclic) bond motifs is 1. The summed E-state index contributed by atoms with van der Waals surface area (Å²) in [5, 5.41) is 7.87. The van der Waals surface area contributed by atoms with Crippen molar-refractivity contribution in [2.75, 3.05) is 16.8 Å². The predicted molar refractivity (Wildman–Crippen MR) is 108 cm³/mol. The van der Waals surface area contributed by atoms with Gasteiger partial charge in [0.15, 0.2) is 0 Å². The molecule has 132 valence electrons. The number of amides is 2. The van der Waals surface area contributed by atoms with Crippen LogP contribution in [0.25, 0.3) is 10.8 Å². The van der Waals surface area contributed by atoms with Crippen LogP contribution in [0.1, 0.15) is 5.56 Å². The number of hydrogen-bond donors (Lipinski definition) is 2. The smallest absolute Gasteiger partial charge is 0.234 e. The average molecular weight is 364 g/mol. The highest BCUT2D eigenvalue weighted by molar-refractivity contribution is 8.00. The summed E-state index contributed by atoms with van der Waals surface area (Å²) in [6.07, 6.45) is 0. The Kier molecular flexibility index (Phi) is 6.28. The number of rotatable bonds is 7. The molecule has 26 heavy (non-hydrogen) atoms. The normalized spacial score (nSPS) is 10.5. The fourth-order valence-corrected chi connectivity index (χ4v) is 3.25. The lowest BCUT2D eigenvalue weighted by atomic mass is 10.1. The summed E-state index contributed by atoms with van der Waals surface area (Å²) in [5.41, 5.74) is 1.85. The Morgan fingerprint density at radius 1 is 0.769 bits per heavy atom. The van der Waals surface area contributed by atoms with Gasteiger partial charge in [-0.15, -0.1) is 11.8 Å². The van der Waals surface area contributed by atoms with Gasteiger partial charge in [0.2, 0.25) is 11.8 Å². The molecule has 0 radical (unpaired) electrons. The molecular weight excluding hydrogens is 344 g/mol. The van der Waals surface area contributed by atoms with Crippen LogP contribution in [0, 0.1) is 0 Å². The quantitative estimate of drug-likeness (QED) is 0.670. The van der Waals surface area contributed by atoms with Gasteiger partial charge in [-0.1, -0.05) is 66.7 Å². The van der Waals surface area contributed by atoms with Crippen molar-refractivity contribution in [2.45, 2.75) is 6.54 Å². The Balaban J connectivity index is 1.43. The van der Waals surface area contributed by atoms with E-state index in [0.29, 0.717) is 6.54 Å². The molecule has 0 unspecified atom stereocenters. The summed E-state index contributed by atoms with van der Waals surface area (Å²) >= 11 is 1.31. The van der Waals surface area contributed by atoms with Gasteiger partial charge in [0, 0.05) is 17.6 Å². The van der Waals surface area contributed by atoms with Crippen LogP contribution >= 0.6 is 11.8 Å². The van der Waals surface area contributed by atoms with Crippen LogP contribution in [0.15, 0.2) is 72.8 Å². The maximum atomic E-state index is 12.2. The van der Waals surface area contributed by atoms with E-state index in [1.807, 2.05) is 72.8 Å². The summed E-state index contributed by atoms with van der Waals surface area (Å²) < 4.78 is 0. The van der Waals surface area contributed by atoms with Crippen molar-refractivity contribution in [3.05, 3.63) is 78.4 Å². The van der Waals surface area contributed by atoms with E-state index in [-0.39, 0.29) is 23.3 Å². The zero-order valence-corrected chi connectivity index (χ0v) is 15.1. The maximum absolute atomic E-state index is 12.2. The van der Waals surface area contributed by atoms with Gasteiger partial charge in [-0.2, -0.15) is 0 Å². The Bertz CT molecular complexity index is 891. The lowest BCUT2D eigenvalue weighted by molar-refractivity contribution is -0.118.